The van der Waals surface area contributed by atoms with Crippen LogP contribution in [0.25, 0.3) is 0 Å². The molecule has 3 N–H and O–H groups in total. The Hall–Kier alpha value is 0.883. The molecule has 2 unspecified atom stereocenters. The second kappa shape index (κ2) is 3.95. The molecule has 0 aromatic heterocycles. The molecule has 2 atom stereocenters. The second-order valence-electron chi connectivity index (χ2n) is 2.01. The van der Waals surface area contributed by atoms with E-state index in [0.29, 0.717) is 0 Å². The molecule has 0 aromatic rings. The van der Waals surface area contributed by atoms with Crippen LogP contribution < -0.4 is 9.79 Å². The van der Waals surface area contributed by atoms with Gasteiger partial charge in [0.2, 0.25) is 0 Å². The molecular formula is C2H6O7P2Zn. The van der Waals surface area contributed by atoms with Crippen molar-refractivity contribution in [3.05, 3.63) is 0 Å². The van der Waals surface area contributed by atoms with E-state index in [1.165, 1.54) is 0 Å². The zero-order valence-electron chi connectivity index (χ0n) is 6.08. The van der Waals surface area contributed by atoms with Crippen molar-refractivity contribution in [1.29, 1.82) is 0 Å². The quantitative estimate of drug-likeness (QED) is 0.379. The SMILES string of the molecule is CC(O)(P(=O)([O-])O)P(=O)([O-])O.[Zn+2]. The van der Waals surface area contributed by atoms with Crippen molar-refractivity contribution in [3.63, 3.8) is 0 Å². The molecule has 0 fully saturated rings. The summed E-state index contributed by atoms with van der Waals surface area (Å²) in [7, 11) is -11.0. The minimum atomic E-state index is -5.51. The molecule has 0 aromatic carbocycles. The molecular weight excluding hydrogens is 263 g/mol. The van der Waals surface area contributed by atoms with E-state index >= 15 is 0 Å². The number of hydrogen-bond donors (Lipinski definition) is 3. The Labute approximate surface area is 80.9 Å². The van der Waals surface area contributed by atoms with E-state index in [-0.39, 0.29) is 26.4 Å². The first-order chi connectivity index (χ1) is 4.50. The van der Waals surface area contributed by atoms with E-state index < -0.39 is 20.3 Å². The van der Waals surface area contributed by atoms with Gasteiger partial charge in [-0.3, -0.25) is 0 Å². The maximum Gasteiger partial charge on any atom is 2.00 e. The van der Waals surface area contributed by atoms with Gasteiger partial charge in [0.05, 0.1) is 0 Å². The van der Waals surface area contributed by atoms with Crippen LogP contribution >= 0.6 is 15.2 Å². The fourth-order valence-corrected chi connectivity index (χ4v) is 1.44. The third-order valence-electron chi connectivity index (χ3n) is 1.07. The van der Waals surface area contributed by atoms with Crippen molar-refractivity contribution >= 4 is 15.2 Å². The first kappa shape index (κ1) is 15.4. The zero-order valence-corrected chi connectivity index (χ0v) is 10.8. The summed E-state index contributed by atoms with van der Waals surface area (Å²) >= 11 is 0. The van der Waals surface area contributed by atoms with Crippen LogP contribution in [0.3, 0.4) is 0 Å². The van der Waals surface area contributed by atoms with Crippen LogP contribution in [0.15, 0.2) is 0 Å². The summed E-state index contributed by atoms with van der Waals surface area (Å²) in [5.74, 6) is 0. The fraction of sp³-hybridized carbons (Fsp3) is 1.00. The van der Waals surface area contributed by atoms with Crippen molar-refractivity contribution in [3.8, 4) is 0 Å². The van der Waals surface area contributed by atoms with E-state index in [2.05, 4.69) is 0 Å². The van der Waals surface area contributed by atoms with Crippen LogP contribution in [0.5, 0.6) is 0 Å². The molecule has 0 bridgehead atoms. The molecule has 10 heteroatoms. The van der Waals surface area contributed by atoms with Crippen molar-refractivity contribution < 1.29 is 53.3 Å². The number of hydrogen-bond acceptors (Lipinski definition) is 5. The first-order valence-electron chi connectivity index (χ1n) is 2.30. The summed E-state index contributed by atoms with van der Waals surface area (Å²) < 4.78 is 20.2. The largest absolute Gasteiger partial charge is 2.00 e. The second-order valence-corrected chi connectivity index (χ2v) is 6.19. The molecule has 12 heavy (non-hydrogen) atoms. The maximum absolute atomic E-state index is 10.1. The van der Waals surface area contributed by atoms with E-state index in [1.807, 2.05) is 0 Å². The van der Waals surface area contributed by atoms with Crippen LogP contribution in [0.1, 0.15) is 6.92 Å². The average molecular weight is 269 g/mol. The van der Waals surface area contributed by atoms with E-state index in [4.69, 9.17) is 14.9 Å². The Morgan fingerprint density at radius 3 is 1.33 bits per heavy atom. The van der Waals surface area contributed by atoms with E-state index in [1.54, 1.807) is 0 Å². The molecule has 0 aliphatic heterocycles. The first-order valence-corrected chi connectivity index (χ1v) is 5.46. The standard InChI is InChI=1S/C2H8O7P2.Zn/c1-2(3,10(4,5)6)11(7,8)9;/h3H,1H3,(H2,4,5,6)(H2,7,8,9);/q;+2/p-2. The van der Waals surface area contributed by atoms with Crippen LogP contribution in [0.4, 0.5) is 0 Å². The molecule has 0 spiro atoms. The number of rotatable bonds is 2. The molecule has 0 saturated carbocycles. The van der Waals surface area contributed by atoms with Crippen molar-refractivity contribution in [2.45, 2.75) is 12.0 Å². The van der Waals surface area contributed by atoms with Gasteiger partial charge in [0.15, 0.2) is 20.3 Å². The molecule has 0 aliphatic carbocycles. The van der Waals surface area contributed by atoms with Gasteiger partial charge < -0.3 is 33.8 Å². The third kappa shape index (κ3) is 2.98. The van der Waals surface area contributed by atoms with E-state index in [0.717, 1.165) is 0 Å². The maximum atomic E-state index is 10.1. The van der Waals surface area contributed by atoms with Gasteiger partial charge in [-0.15, -0.1) is 0 Å². The average Bonchev–Trinajstić information content (AvgIpc) is 1.58. The molecule has 0 saturated heterocycles. The Morgan fingerprint density at radius 2 is 1.33 bits per heavy atom. The summed E-state index contributed by atoms with van der Waals surface area (Å²) in [4.78, 5) is 36.4. The molecule has 7 nitrogen and oxygen atoms in total. The molecule has 0 heterocycles. The van der Waals surface area contributed by atoms with Crippen molar-refractivity contribution in [2.24, 2.45) is 0 Å². The Balaban J connectivity index is 0. The molecule has 0 rings (SSSR count). The monoisotopic (exact) mass is 268 g/mol. The minimum absolute atomic E-state index is 0. The zero-order chi connectivity index (χ0) is 9.50. The summed E-state index contributed by atoms with van der Waals surface area (Å²) in [5, 5.41) is 5.02. The fourth-order valence-electron chi connectivity index (χ4n) is 0.160. The van der Waals surface area contributed by atoms with Crippen LogP contribution in [0.2, 0.25) is 0 Å². The van der Waals surface area contributed by atoms with Gasteiger partial charge in [-0.2, -0.15) is 0 Å². The predicted molar refractivity (Wildman–Crippen MR) is 30.3 cm³/mol. The van der Waals surface area contributed by atoms with Gasteiger partial charge in [0, 0.05) is 0 Å². The van der Waals surface area contributed by atoms with Gasteiger partial charge in [0.25, 0.3) is 0 Å². The van der Waals surface area contributed by atoms with Gasteiger partial charge in [-0.05, 0) is 6.92 Å². The van der Waals surface area contributed by atoms with Crippen LogP contribution in [-0.4, -0.2) is 20.0 Å². The topological polar surface area (TPSA) is 141 Å². The van der Waals surface area contributed by atoms with Gasteiger partial charge >= 0.3 is 19.5 Å². The summed E-state index contributed by atoms with van der Waals surface area (Å²) in [6.45, 7) is 0.258. The summed E-state index contributed by atoms with van der Waals surface area (Å²) in [6.07, 6.45) is 0. The van der Waals surface area contributed by atoms with E-state index in [9.17, 15) is 18.9 Å². The molecule has 0 radical (unpaired) electrons. The third-order valence-corrected chi connectivity index (χ3v) is 4.73. The molecule has 68 valence electrons. The molecule has 0 aliphatic rings. The predicted octanol–water partition coefficient (Wildman–Crippen LogP) is -2.26. The summed E-state index contributed by atoms with van der Waals surface area (Å²) in [5.41, 5.74) is 0. The minimum Gasteiger partial charge on any atom is -0.776 e. The van der Waals surface area contributed by atoms with Crippen LogP contribution in [0, 0.1) is 0 Å². The van der Waals surface area contributed by atoms with Crippen LogP contribution in [-0.2, 0) is 28.6 Å². The summed E-state index contributed by atoms with van der Waals surface area (Å²) in [6, 6.07) is 0. The van der Waals surface area contributed by atoms with Gasteiger partial charge in [-0.1, -0.05) is 0 Å². The number of aliphatic hydroxyl groups is 1. The Morgan fingerprint density at radius 1 is 1.17 bits per heavy atom. The Bertz CT molecular complexity index is 212. The van der Waals surface area contributed by atoms with Crippen molar-refractivity contribution in [1.82, 2.24) is 0 Å². The van der Waals surface area contributed by atoms with Gasteiger partial charge in [-0.25, -0.2) is 0 Å². The Kier molecular flexibility index (Phi) is 5.05. The van der Waals surface area contributed by atoms with Crippen molar-refractivity contribution in [2.75, 3.05) is 0 Å². The smallest absolute Gasteiger partial charge is 0.776 e. The normalized spacial score (nSPS) is 25.8. The molecule has 0 amide bonds. The van der Waals surface area contributed by atoms with Gasteiger partial charge in [0.1, 0.15) is 0 Å².